The topological polar surface area (TPSA) is 22.1 Å². The summed E-state index contributed by atoms with van der Waals surface area (Å²) in [7, 11) is 0. The van der Waals surface area contributed by atoms with Crippen LogP contribution in [-0.2, 0) is 11.8 Å². The van der Waals surface area contributed by atoms with Crippen LogP contribution in [0.1, 0.15) is 59.6 Å². The molecule has 0 N–H and O–H groups in total. The number of hydrogen-bond acceptors (Lipinski definition) is 3. The Morgan fingerprint density at radius 3 is 2.43 bits per heavy atom. The number of pyridine rings is 1. The third kappa shape index (κ3) is 3.39. The van der Waals surface area contributed by atoms with Crippen LogP contribution in [0.3, 0.4) is 0 Å². The van der Waals surface area contributed by atoms with Crippen LogP contribution in [-0.4, -0.2) is 10.6 Å². The molecule has 3 heterocycles. The van der Waals surface area contributed by atoms with Crippen LogP contribution >= 0.6 is 11.3 Å². The Hall–Kier alpha value is -2.91. The number of benzene rings is 3. The molecule has 5 aromatic rings. The SMILES string of the molecule is CC(C)(C)Cc1ccc2c(c1)sc1c(-c3cc4ccccc4c4c3OC(C)(C)C4(C)C)nccc12. The molecule has 0 atom stereocenters. The molecule has 0 aliphatic carbocycles. The molecular weight excluding hydrogens is 446 g/mol. The minimum Gasteiger partial charge on any atom is -0.486 e. The van der Waals surface area contributed by atoms with E-state index in [1.807, 2.05) is 17.5 Å². The van der Waals surface area contributed by atoms with Crippen molar-refractivity contribution in [2.24, 2.45) is 5.41 Å². The molecule has 0 amide bonds. The van der Waals surface area contributed by atoms with Crippen molar-refractivity contribution in [3.05, 3.63) is 71.9 Å². The average Bonchev–Trinajstić information content (AvgIpc) is 3.23. The molecule has 178 valence electrons. The zero-order chi connectivity index (χ0) is 24.8. The van der Waals surface area contributed by atoms with Crippen molar-refractivity contribution in [1.29, 1.82) is 0 Å². The van der Waals surface area contributed by atoms with Gasteiger partial charge < -0.3 is 4.74 Å². The fourth-order valence-corrected chi connectivity index (χ4v) is 6.84. The second-order valence-corrected chi connectivity index (χ2v) is 13.3. The van der Waals surface area contributed by atoms with Crippen LogP contribution in [0.2, 0.25) is 0 Å². The van der Waals surface area contributed by atoms with Crippen LogP contribution in [0, 0.1) is 5.41 Å². The summed E-state index contributed by atoms with van der Waals surface area (Å²) in [5.41, 5.74) is 4.63. The summed E-state index contributed by atoms with van der Waals surface area (Å²) in [6, 6.07) is 20.1. The molecule has 1 aliphatic heterocycles. The molecule has 0 spiro atoms. The van der Waals surface area contributed by atoms with Crippen molar-refractivity contribution in [1.82, 2.24) is 4.98 Å². The molecule has 0 saturated carbocycles. The number of nitrogens with zero attached hydrogens (tertiary/aromatic N) is 1. The molecule has 0 unspecified atom stereocenters. The lowest BCUT2D eigenvalue weighted by Crippen LogP contribution is -2.42. The molecule has 35 heavy (non-hydrogen) atoms. The van der Waals surface area contributed by atoms with Crippen molar-refractivity contribution in [2.45, 2.75) is 65.9 Å². The smallest absolute Gasteiger partial charge is 0.134 e. The van der Waals surface area contributed by atoms with Crippen molar-refractivity contribution in [3.8, 4) is 17.0 Å². The second kappa shape index (κ2) is 7.30. The quantitative estimate of drug-likeness (QED) is 0.252. The van der Waals surface area contributed by atoms with Gasteiger partial charge in [0, 0.05) is 38.2 Å². The van der Waals surface area contributed by atoms with Crippen molar-refractivity contribution < 1.29 is 4.74 Å². The van der Waals surface area contributed by atoms with E-state index in [0.29, 0.717) is 0 Å². The van der Waals surface area contributed by atoms with E-state index in [9.17, 15) is 0 Å². The maximum Gasteiger partial charge on any atom is 0.134 e. The number of rotatable bonds is 2. The molecule has 3 heteroatoms. The van der Waals surface area contributed by atoms with E-state index in [2.05, 4.69) is 103 Å². The Kier molecular flexibility index (Phi) is 4.70. The Bertz CT molecular complexity index is 1630. The molecule has 1 aliphatic rings. The third-order valence-corrected chi connectivity index (χ3v) is 9.11. The summed E-state index contributed by atoms with van der Waals surface area (Å²) in [5.74, 6) is 0.990. The van der Waals surface area contributed by atoms with Gasteiger partial charge in [-0.3, -0.25) is 4.98 Å². The van der Waals surface area contributed by atoms with Crippen LogP contribution < -0.4 is 4.74 Å². The Balaban J connectivity index is 1.64. The van der Waals surface area contributed by atoms with E-state index in [1.54, 1.807) is 0 Å². The lowest BCUT2D eigenvalue weighted by atomic mass is 9.72. The van der Waals surface area contributed by atoms with Gasteiger partial charge in [-0.1, -0.05) is 71.0 Å². The highest BCUT2D eigenvalue weighted by Crippen LogP contribution is 2.56. The maximum atomic E-state index is 6.76. The highest BCUT2D eigenvalue weighted by atomic mass is 32.1. The third-order valence-electron chi connectivity index (χ3n) is 7.93. The number of thiophene rings is 1. The first kappa shape index (κ1) is 22.5. The average molecular weight is 480 g/mol. The lowest BCUT2D eigenvalue weighted by molar-refractivity contribution is 0.0719. The predicted octanol–water partition coefficient (Wildman–Crippen LogP) is 9.31. The zero-order valence-corrected chi connectivity index (χ0v) is 22.6. The number of ether oxygens (including phenoxy) is 1. The van der Waals surface area contributed by atoms with Gasteiger partial charge in [-0.05, 0) is 60.2 Å². The minimum absolute atomic E-state index is 0.131. The van der Waals surface area contributed by atoms with Crippen molar-refractivity contribution in [3.63, 3.8) is 0 Å². The van der Waals surface area contributed by atoms with Crippen molar-refractivity contribution >= 4 is 42.3 Å². The van der Waals surface area contributed by atoms with Gasteiger partial charge in [-0.15, -0.1) is 11.3 Å². The first-order valence-electron chi connectivity index (χ1n) is 12.5. The van der Waals surface area contributed by atoms with E-state index >= 15 is 0 Å². The number of fused-ring (bicyclic) bond motifs is 6. The van der Waals surface area contributed by atoms with Gasteiger partial charge >= 0.3 is 0 Å². The molecule has 3 aromatic carbocycles. The normalized spacial score (nSPS) is 16.7. The van der Waals surface area contributed by atoms with Gasteiger partial charge in [0.05, 0.1) is 10.4 Å². The highest BCUT2D eigenvalue weighted by Gasteiger charge is 2.50. The van der Waals surface area contributed by atoms with Gasteiger partial charge in [-0.2, -0.15) is 0 Å². The first-order chi connectivity index (χ1) is 16.5. The van der Waals surface area contributed by atoms with Crippen molar-refractivity contribution in [2.75, 3.05) is 0 Å². The largest absolute Gasteiger partial charge is 0.486 e. The number of hydrogen-bond donors (Lipinski definition) is 0. The van der Waals surface area contributed by atoms with E-state index < -0.39 is 0 Å². The Morgan fingerprint density at radius 1 is 0.886 bits per heavy atom. The van der Waals surface area contributed by atoms with E-state index in [-0.39, 0.29) is 16.4 Å². The molecule has 0 saturated heterocycles. The van der Waals surface area contributed by atoms with Gasteiger partial charge in [-0.25, -0.2) is 0 Å². The summed E-state index contributed by atoms with van der Waals surface area (Å²) in [5, 5.41) is 5.10. The number of aromatic nitrogens is 1. The lowest BCUT2D eigenvalue weighted by Gasteiger charge is -2.33. The summed E-state index contributed by atoms with van der Waals surface area (Å²) in [6.07, 6.45) is 3.03. The Labute approximate surface area is 212 Å². The molecule has 0 fully saturated rings. The zero-order valence-electron chi connectivity index (χ0n) is 21.7. The van der Waals surface area contributed by atoms with Crippen LogP contribution in [0.5, 0.6) is 5.75 Å². The second-order valence-electron chi connectivity index (χ2n) is 12.3. The fourth-order valence-electron chi connectivity index (χ4n) is 5.58. The molecule has 2 aromatic heterocycles. The first-order valence-corrected chi connectivity index (χ1v) is 13.3. The molecular formula is C32H33NOS. The molecule has 2 nitrogen and oxygen atoms in total. The maximum absolute atomic E-state index is 6.76. The van der Waals surface area contributed by atoms with Gasteiger partial charge in [0.2, 0.25) is 0 Å². The molecule has 0 bridgehead atoms. The minimum atomic E-state index is -0.315. The summed E-state index contributed by atoms with van der Waals surface area (Å²) < 4.78 is 9.33. The highest BCUT2D eigenvalue weighted by molar-refractivity contribution is 7.26. The standard InChI is InChI=1S/C32H33NOS/c1-30(2,3)18-19-12-13-22-23-14-15-33-27(29(23)35-25(22)16-19)24-17-20-10-8-9-11-21(20)26-28(24)34-32(6,7)31(26,4)5/h8-17H,18H2,1-7H3. The summed E-state index contributed by atoms with van der Waals surface area (Å²) >= 11 is 1.86. The molecule has 6 rings (SSSR count). The van der Waals surface area contributed by atoms with Crippen LogP contribution in [0.15, 0.2) is 60.8 Å². The Morgan fingerprint density at radius 2 is 1.66 bits per heavy atom. The van der Waals surface area contributed by atoms with Gasteiger partial charge in [0.15, 0.2) is 0 Å². The van der Waals surface area contributed by atoms with E-state index in [4.69, 9.17) is 9.72 Å². The van der Waals surface area contributed by atoms with E-state index in [1.165, 1.54) is 42.1 Å². The van der Waals surface area contributed by atoms with Gasteiger partial charge in [0.1, 0.15) is 11.4 Å². The summed E-state index contributed by atoms with van der Waals surface area (Å²) in [6.45, 7) is 15.9. The van der Waals surface area contributed by atoms with Crippen LogP contribution in [0.4, 0.5) is 0 Å². The monoisotopic (exact) mass is 479 g/mol. The fraction of sp³-hybridized carbons (Fsp3) is 0.344. The molecule has 0 radical (unpaired) electrons. The van der Waals surface area contributed by atoms with E-state index in [0.717, 1.165) is 23.4 Å². The summed E-state index contributed by atoms with van der Waals surface area (Å²) in [4.78, 5) is 4.96. The predicted molar refractivity (Wildman–Crippen MR) is 151 cm³/mol. The van der Waals surface area contributed by atoms with Crippen LogP contribution in [0.25, 0.3) is 42.2 Å². The van der Waals surface area contributed by atoms with Gasteiger partial charge in [0.25, 0.3) is 0 Å².